The molecule has 1 aliphatic rings. The number of para-hydroxylation sites is 1. The zero-order valence-corrected chi connectivity index (χ0v) is 13.5. The summed E-state index contributed by atoms with van der Waals surface area (Å²) in [6.07, 6.45) is 7.33. The number of aromatic nitrogens is 1. The molecule has 2 N–H and O–H groups in total. The minimum absolute atomic E-state index is 0.260. The van der Waals surface area contributed by atoms with Crippen molar-refractivity contribution < 1.29 is 4.79 Å². The molecule has 1 amide bonds. The zero-order chi connectivity index (χ0) is 16.8. The lowest BCUT2D eigenvalue weighted by Gasteiger charge is -2.24. The van der Waals surface area contributed by atoms with Crippen LogP contribution in [0.4, 0.5) is 11.5 Å². The summed E-state index contributed by atoms with van der Waals surface area (Å²) in [6, 6.07) is 13.2. The molecule has 1 aliphatic carbocycles. The quantitative estimate of drug-likeness (QED) is 0.894. The molecular formula is C19H20N4O. The van der Waals surface area contributed by atoms with E-state index in [2.05, 4.69) is 15.6 Å². The Morgan fingerprint density at radius 1 is 1.17 bits per heavy atom. The van der Waals surface area contributed by atoms with Crippen molar-refractivity contribution in [3.8, 4) is 6.07 Å². The summed E-state index contributed by atoms with van der Waals surface area (Å²) >= 11 is 0. The van der Waals surface area contributed by atoms with Crippen molar-refractivity contribution >= 4 is 17.4 Å². The number of carbonyl (C=O) groups is 1. The molecule has 0 aliphatic heterocycles. The summed E-state index contributed by atoms with van der Waals surface area (Å²) in [5.74, 6) is 0.290. The van der Waals surface area contributed by atoms with Gasteiger partial charge in [0.1, 0.15) is 11.9 Å². The number of rotatable bonds is 4. The van der Waals surface area contributed by atoms with Gasteiger partial charge < -0.3 is 10.6 Å². The van der Waals surface area contributed by atoms with Crippen LogP contribution in [0.15, 0.2) is 42.6 Å². The van der Waals surface area contributed by atoms with E-state index < -0.39 is 0 Å². The highest BCUT2D eigenvalue weighted by atomic mass is 16.1. The van der Waals surface area contributed by atoms with E-state index in [1.54, 1.807) is 6.07 Å². The predicted octanol–water partition coefficient (Wildman–Crippen LogP) is 3.95. The van der Waals surface area contributed by atoms with E-state index >= 15 is 0 Å². The van der Waals surface area contributed by atoms with Crippen molar-refractivity contribution in [3.05, 3.63) is 53.7 Å². The Labute approximate surface area is 141 Å². The molecule has 0 spiro atoms. The van der Waals surface area contributed by atoms with E-state index in [0.717, 1.165) is 12.8 Å². The molecule has 0 unspecified atom stereocenters. The Bertz CT molecular complexity index is 746. The first-order chi connectivity index (χ1) is 11.8. The number of amides is 1. The second kappa shape index (κ2) is 7.60. The Hall–Kier alpha value is -2.87. The maximum Gasteiger partial charge on any atom is 0.259 e. The number of hydrogen-bond donors (Lipinski definition) is 2. The summed E-state index contributed by atoms with van der Waals surface area (Å²) in [5, 5.41) is 15.3. The molecule has 24 heavy (non-hydrogen) atoms. The number of carbonyl (C=O) groups excluding carboxylic acids is 1. The summed E-state index contributed by atoms with van der Waals surface area (Å²) < 4.78 is 0. The highest BCUT2D eigenvalue weighted by Gasteiger charge is 2.19. The van der Waals surface area contributed by atoms with Crippen LogP contribution in [0.2, 0.25) is 0 Å². The molecule has 5 nitrogen and oxygen atoms in total. The molecule has 1 fully saturated rings. The number of nitrogens with zero attached hydrogens (tertiary/aromatic N) is 2. The first-order valence-electron chi connectivity index (χ1n) is 8.29. The smallest absolute Gasteiger partial charge is 0.259 e. The average Bonchev–Trinajstić information content (AvgIpc) is 2.63. The van der Waals surface area contributed by atoms with Gasteiger partial charge in [-0.25, -0.2) is 4.98 Å². The molecule has 122 valence electrons. The summed E-state index contributed by atoms with van der Waals surface area (Å²) in [6.45, 7) is 0. The van der Waals surface area contributed by atoms with Crippen molar-refractivity contribution in [3.63, 3.8) is 0 Å². The lowest BCUT2D eigenvalue weighted by molar-refractivity contribution is 0.102. The highest BCUT2D eigenvalue weighted by Crippen LogP contribution is 2.23. The van der Waals surface area contributed by atoms with Crippen LogP contribution in [0, 0.1) is 11.3 Å². The largest absolute Gasteiger partial charge is 0.367 e. The average molecular weight is 320 g/mol. The molecule has 3 rings (SSSR count). The molecule has 1 aromatic heterocycles. The summed E-state index contributed by atoms with van der Waals surface area (Å²) in [5.41, 5.74) is 1.50. The Balaban J connectivity index is 1.83. The fourth-order valence-electron chi connectivity index (χ4n) is 2.97. The Morgan fingerprint density at radius 3 is 2.62 bits per heavy atom. The molecule has 0 radical (unpaired) electrons. The van der Waals surface area contributed by atoms with Gasteiger partial charge in [0, 0.05) is 17.9 Å². The van der Waals surface area contributed by atoms with Gasteiger partial charge in [-0.2, -0.15) is 5.26 Å². The van der Waals surface area contributed by atoms with E-state index in [-0.39, 0.29) is 5.91 Å². The van der Waals surface area contributed by atoms with Gasteiger partial charge in [-0.1, -0.05) is 37.5 Å². The second-order valence-corrected chi connectivity index (χ2v) is 6.03. The summed E-state index contributed by atoms with van der Waals surface area (Å²) in [7, 11) is 0. The second-order valence-electron chi connectivity index (χ2n) is 6.03. The van der Waals surface area contributed by atoms with E-state index in [9.17, 15) is 4.79 Å². The van der Waals surface area contributed by atoms with Crippen LogP contribution < -0.4 is 10.6 Å². The molecule has 2 aromatic rings. The fourth-order valence-corrected chi connectivity index (χ4v) is 2.97. The number of hydrogen-bond acceptors (Lipinski definition) is 4. The number of pyridine rings is 1. The van der Waals surface area contributed by atoms with E-state index in [0.29, 0.717) is 28.7 Å². The van der Waals surface area contributed by atoms with Gasteiger partial charge in [0.2, 0.25) is 0 Å². The number of benzene rings is 1. The van der Waals surface area contributed by atoms with Gasteiger partial charge in [-0.3, -0.25) is 4.79 Å². The van der Waals surface area contributed by atoms with Crippen LogP contribution in [0.5, 0.6) is 0 Å². The normalized spacial score (nSPS) is 14.6. The molecule has 1 heterocycles. The number of nitriles is 1. The van der Waals surface area contributed by atoms with E-state index in [4.69, 9.17) is 5.26 Å². The van der Waals surface area contributed by atoms with E-state index in [1.807, 2.05) is 36.4 Å². The number of anilines is 2. The lowest BCUT2D eigenvalue weighted by Crippen LogP contribution is -2.25. The van der Waals surface area contributed by atoms with Crippen LogP contribution in [0.3, 0.4) is 0 Å². The third kappa shape index (κ3) is 3.90. The van der Waals surface area contributed by atoms with Gasteiger partial charge in [-0.05, 0) is 31.0 Å². The minimum Gasteiger partial charge on any atom is -0.367 e. The Kier molecular flexibility index (Phi) is 5.07. The van der Waals surface area contributed by atoms with Crippen molar-refractivity contribution in [2.45, 2.75) is 38.1 Å². The van der Waals surface area contributed by atoms with Gasteiger partial charge in [0.05, 0.1) is 11.1 Å². The predicted molar refractivity (Wildman–Crippen MR) is 93.8 cm³/mol. The van der Waals surface area contributed by atoms with Gasteiger partial charge >= 0.3 is 0 Å². The molecule has 1 aromatic carbocycles. The standard InChI is InChI=1S/C19H20N4O/c20-12-14-11-17(19(24)23-16-9-5-2-6-10-16)18(21-13-14)22-15-7-3-1-4-8-15/h2,5-6,9-11,13,15H,1,3-4,7-8H2,(H,21,22)(H,23,24). The molecule has 0 atom stereocenters. The molecule has 1 saturated carbocycles. The van der Waals surface area contributed by atoms with Gasteiger partial charge in [0.25, 0.3) is 5.91 Å². The number of nitrogens with one attached hydrogen (secondary N) is 2. The van der Waals surface area contributed by atoms with Crippen LogP contribution in [0.25, 0.3) is 0 Å². The molecular weight excluding hydrogens is 300 g/mol. The topological polar surface area (TPSA) is 77.8 Å². The highest BCUT2D eigenvalue weighted by molar-refractivity contribution is 6.07. The molecule has 0 bridgehead atoms. The lowest BCUT2D eigenvalue weighted by atomic mass is 9.95. The van der Waals surface area contributed by atoms with Gasteiger partial charge in [-0.15, -0.1) is 0 Å². The van der Waals surface area contributed by atoms with Crippen molar-refractivity contribution in [2.75, 3.05) is 10.6 Å². The third-order valence-corrected chi connectivity index (χ3v) is 4.24. The maximum absolute atomic E-state index is 12.6. The zero-order valence-electron chi connectivity index (χ0n) is 13.5. The van der Waals surface area contributed by atoms with Crippen LogP contribution >= 0.6 is 0 Å². The molecule has 5 heteroatoms. The molecule has 0 saturated heterocycles. The van der Waals surface area contributed by atoms with Gasteiger partial charge in [0.15, 0.2) is 0 Å². The first kappa shape index (κ1) is 16.0. The SMILES string of the molecule is N#Cc1cnc(NC2CCCCC2)c(C(=O)Nc2ccccc2)c1. The summed E-state index contributed by atoms with van der Waals surface area (Å²) in [4.78, 5) is 17.0. The van der Waals surface area contributed by atoms with Crippen LogP contribution in [-0.4, -0.2) is 16.9 Å². The minimum atomic E-state index is -0.260. The first-order valence-corrected chi connectivity index (χ1v) is 8.29. The Morgan fingerprint density at radius 2 is 1.92 bits per heavy atom. The fraction of sp³-hybridized carbons (Fsp3) is 0.316. The van der Waals surface area contributed by atoms with Crippen molar-refractivity contribution in [2.24, 2.45) is 0 Å². The van der Waals surface area contributed by atoms with Crippen molar-refractivity contribution in [1.82, 2.24) is 4.98 Å². The van der Waals surface area contributed by atoms with Crippen LogP contribution in [0.1, 0.15) is 48.0 Å². The maximum atomic E-state index is 12.6. The van der Waals surface area contributed by atoms with Crippen LogP contribution in [-0.2, 0) is 0 Å². The van der Waals surface area contributed by atoms with E-state index in [1.165, 1.54) is 25.5 Å². The third-order valence-electron chi connectivity index (χ3n) is 4.24. The van der Waals surface area contributed by atoms with Crippen molar-refractivity contribution in [1.29, 1.82) is 5.26 Å². The monoisotopic (exact) mass is 320 g/mol.